The highest BCUT2D eigenvalue weighted by atomic mass is 32.1. The minimum atomic E-state index is -3.54. The first-order valence-corrected chi connectivity index (χ1v) is 14.5. The van der Waals surface area contributed by atoms with Crippen LogP contribution in [0.1, 0.15) is 68.6 Å². The van der Waals surface area contributed by atoms with Gasteiger partial charge >= 0.3 is 17.9 Å². The molecule has 1 aromatic heterocycles. The molecule has 3 N–H and O–H groups in total. The van der Waals surface area contributed by atoms with Crippen LogP contribution in [0.4, 0.5) is 0 Å². The molecule has 1 aromatic carbocycles. The predicted molar refractivity (Wildman–Crippen MR) is 137 cm³/mol. The summed E-state index contributed by atoms with van der Waals surface area (Å²) in [7, 11) is -3.54. The molecule has 0 radical (unpaired) electrons. The number of aromatic carboxylic acids is 1. The number of unbranched alkanes of at least 4 members (excludes halogenated alkanes) is 2. The number of ether oxygens (including phenoxy) is 2. The lowest BCUT2D eigenvalue weighted by Crippen LogP contribution is -2.42. The van der Waals surface area contributed by atoms with Crippen LogP contribution in [-0.4, -0.2) is 48.3 Å². The van der Waals surface area contributed by atoms with Crippen molar-refractivity contribution in [3.63, 3.8) is 0 Å². The Bertz CT molecular complexity index is 1040. The summed E-state index contributed by atoms with van der Waals surface area (Å²) in [6, 6.07) is 5.11. The Morgan fingerprint density at radius 2 is 1.51 bits per heavy atom. The standard InChI is InChI=1S/C24H35N2O7PS/c1-5-7-11-32-23(29)16(3)25-34(31,26-17(4)24(30)33-12-8-6-2)15-18-9-10-20-19(13-18)14-21(35-20)22(27)28/h9-10,13-14,16-17H,5-8,11-12,15H2,1-4H3,(H,27,28)(H2,25,26,31)/t16-,17-/m0/s1. The van der Waals surface area contributed by atoms with Crippen LogP contribution >= 0.6 is 18.8 Å². The first-order chi connectivity index (χ1) is 16.6. The van der Waals surface area contributed by atoms with Crippen molar-refractivity contribution < 1.29 is 33.5 Å². The Hall–Kier alpha value is -2.26. The highest BCUT2D eigenvalue weighted by Gasteiger charge is 2.32. The summed E-state index contributed by atoms with van der Waals surface area (Å²) in [6.07, 6.45) is 3.20. The molecule has 0 bridgehead atoms. The Morgan fingerprint density at radius 3 is 2.00 bits per heavy atom. The lowest BCUT2D eigenvalue weighted by molar-refractivity contribution is -0.145. The number of benzene rings is 1. The molecule has 11 heteroatoms. The van der Waals surface area contributed by atoms with E-state index in [0.717, 1.165) is 47.1 Å². The third kappa shape index (κ3) is 9.04. The Labute approximate surface area is 210 Å². The van der Waals surface area contributed by atoms with E-state index in [4.69, 9.17) is 9.47 Å². The summed E-state index contributed by atoms with van der Waals surface area (Å²) in [4.78, 5) is 36.3. The number of esters is 2. The minimum Gasteiger partial charge on any atom is -0.477 e. The number of hydrogen-bond acceptors (Lipinski definition) is 7. The first-order valence-electron chi connectivity index (χ1n) is 11.8. The molecule has 0 amide bonds. The van der Waals surface area contributed by atoms with Crippen LogP contribution in [0.15, 0.2) is 24.3 Å². The zero-order chi connectivity index (χ0) is 26.0. The fourth-order valence-electron chi connectivity index (χ4n) is 3.30. The maximum Gasteiger partial charge on any atom is 0.345 e. The van der Waals surface area contributed by atoms with Crippen LogP contribution < -0.4 is 10.2 Å². The molecular formula is C24H35N2O7PS. The second kappa shape index (κ2) is 13.7. The van der Waals surface area contributed by atoms with Crippen molar-refractivity contribution in [2.24, 2.45) is 0 Å². The van der Waals surface area contributed by atoms with Crippen LogP contribution in [0.25, 0.3) is 10.1 Å². The summed E-state index contributed by atoms with van der Waals surface area (Å²) in [5, 5.41) is 15.7. The zero-order valence-electron chi connectivity index (χ0n) is 20.7. The van der Waals surface area contributed by atoms with Gasteiger partial charge in [-0.1, -0.05) is 32.8 Å². The molecule has 9 nitrogen and oxygen atoms in total. The molecule has 2 atom stereocenters. The quantitative estimate of drug-likeness (QED) is 0.168. The smallest absolute Gasteiger partial charge is 0.345 e. The van der Waals surface area contributed by atoms with Gasteiger partial charge in [-0.25, -0.2) is 15.0 Å². The summed E-state index contributed by atoms with van der Waals surface area (Å²) in [5.41, 5.74) is 0.661. The van der Waals surface area contributed by atoms with Crippen molar-refractivity contribution in [3.8, 4) is 0 Å². The number of thiophene rings is 1. The zero-order valence-corrected chi connectivity index (χ0v) is 22.4. The molecule has 0 unspecified atom stereocenters. The van der Waals surface area contributed by atoms with Crippen molar-refractivity contribution in [3.05, 3.63) is 34.7 Å². The Balaban J connectivity index is 2.23. The molecule has 0 aliphatic rings. The highest BCUT2D eigenvalue weighted by molar-refractivity contribution is 7.59. The largest absolute Gasteiger partial charge is 0.477 e. The number of fused-ring (bicyclic) bond motifs is 1. The second-order valence-electron chi connectivity index (χ2n) is 8.43. The van der Waals surface area contributed by atoms with E-state index in [0.29, 0.717) is 5.56 Å². The normalized spacial score (nSPS) is 13.4. The number of carboxylic acids is 1. The number of carbonyl (C=O) groups excluding carboxylic acids is 2. The Morgan fingerprint density at radius 1 is 0.971 bits per heavy atom. The van der Waals surface area contributed by atoms with Gasteiger partial charge in [0.05, 0.1) is 19.4 Å². The summed E-state index contributed by atoms with van der Waals surface area (Å²) >= 11 is 1.16. The fraction of sp³-hybridized carbons (Fsp3) is 0.542. The molecular weight excluding hydrogens is 491 g/mol. The lowest BCUT2D eigenvalue weighted by Gasteiger charge is -2.26. The van der Waals surface area contributed by atoms with E-state index in [1.54, 1.807) is 38.1 Å². The summed E-state index contributed by atoms with van der Waals surface area (Å²) in [5.74, 6) is -2.07. The van der Waals surface area contributed by atoms with Crippen molar-refractivity contribution in [2.45, 2.75) is 71.6 Å². The molecule has 0 aliphatic carbocycles. The minimum absolute atomic E-state index is 0.0135. The molecule has 2 aromatic rings. The van der Waals surface area contributed by atoms with Gasteiger partial charge in [0.15, 0.2) is 0 Å². The predicted octanol–water partition coefficient (Wildman–Crippen LogP) is 4.94. The fourth-order valence-corrected chi connectivity index (χ4v) is 6.61. The SMILES string of the molecule is CCCCOC(=O)[C@H](C)NP(=O)(Cc1ccc2sc(C(=O)O)cc2c1)N[C@@H](C)C(=O)OCCCC. The Kier molecular flexibility index (Phi) is 11.4. The van der Waals surface area contributed by atoms with Gasteiger partial charge in [0.2, 0.25) is 7.44 Å². The highest BCUT2D eigenvalue weighted by Crippen LogP contribution is 2.42. The molecule has 194 valence electrons. The third-order valence-electron chi connectivity index (χ3n) is 5.19. The number of rotatable bonds is 15. The van der Waals surface area contributed by atoms with E-state index in [-0.39, 0.29) is 24.3 Å². The van der Waals surface area contributed by atoms with Crippen LogP contribution in [0.5, 0.6) is 0 Å². The van der Waals surface area contributed by atoms with E-state index in [1.165, 1.54) is 0 Å². The van der Waals surface area contributed by atoms with Crippen molar-refractivity contribution in [1.29, 1.82) is 0 Å². The third-order valence-corrected chi connectivity index (χ3v) is 8.72. The van der Waals surface area contributed by atoms with E-state index in [1.807, 2.05) is 13.8 Å². The maximum absolute atomic E-state index is 14.0. The first kappa shape index (κ1) is 29.0. The molecule has 1 heterocycles. The number of hydrogen-bond donors (Lipinski definition) is 3. The maximum atomic E-state index is 14.0. The second-order valence-corrected chi connectivity index (χ2v) is 11.8. The van der Waals surface area contributed by atoms with Gasteiger partial charge in [-0.2, -0.15) is 0 Å². The van der Waals surface area contributed by atoms with Gasteiger partial charge in [0.25, 0.3) is 0 Å². The van der Waals surface area contributed by atoms with Gasteiger partial charge < -0.3 is 14.6 Å². The van der Waals surface area contributed by atoms with Crippen molar-refractivity contribution in [1.82, 2.24) is 10.2 Å². The topological polar surface area (TPSA) is 131 Å². The monoisotopic (exact) mass is 526 g/mol. The number of carboxylic acid groups (broad SMARTS) is 1. The average molecular weight is 527 g/mol. The molecule has 0 fully saturated rings. The number of carbonyl (C=O) groups is 3. The van der Waals surface area contributed by atoms with E-state index in [2.05, 4.69) is 10.2 Å². The van der Waals surface area contributed by atoms with E-state index in [9.17, 15) is 24.1 Å². The average Bonchev–Trinajstić information content (AvgIpc) is 3.22. The van der Waals surface area contributed by atoms with E-state index >= 15 is 0 Å². The molecule has 2 rings (SSSR count). The molecule has 35 heavy (non-hydrogen) atoms. The van der Waals surface area contributed by atoms with Crippen LogP contribution in [0.3, 0.4) is 0 Å². The van der Waals surface area contributed by atoms with Crippen LogP contribution in [-0.2, 0) is 29.8 Å². The molecule has 0 saturated carbocycles. The lowest BCUT2D eigenvalue weighted by atomic mass is 10.2. The van der Waals surface area contributed by atoms with Crippen LogP contribution in [0, 0.1) is 0 Å². The van der Waals surface area contributed by atoms with Crippen molar-refractivity contribution in [2.75, 3.05) is 13.2 Å². The van der Waals surface area contributed by atoms with Gasteiger partial charge in [-0.15, -0.1) is 11.3 Å². The van der Waals surface area contributed by atoms with Gasteiger partial charge in [-0.3, -0.25) is 14.2 Å². The summed E-state index contributed by atoms with van der Waals surface area (Å²) < 4.78 is 25.3. The summed E-state index contributed by atoms with van der Waals surface area (Å²) in [6.45, 7) is 7.65. The molecule has 0 aliphatic heterocycles. The molecule has 0 saturated heterocycles. The van der Waals surface area contributed by atoms with Crippen molar-refractivity contribution >= 4 is 46.8 Å². The van der Waals surface area contributed by atoms with Crippen LogP contribution in [0.2, 0.25) is 0 Å². The number of nitrogens with one attached hydrogen (secondary N) is 2. The molecule has 0 spiro atoms. The van der Waals surface area contributed by atoms with Gasteiger partial charge in [-0.05, 0) is 55.8 Å². The van der Waals surface area contributed by atoms with Gasteiger partial charge in [0, 0.05) is 4.70 Å². The van der Waals surface area contributed by atoms with E-state index < -0.39 is 37.4 Å². The van der Waals surface area contributed by atoms with Gasteiger partial charge in [0.1, 0.15) is 17.0 Å².